The number of fused-ring (bicyclic) bond motifs is 2. The highest BCUT2D eigenvalue weighted by molar-refractivity contribution is 5.86. The molecule has 2 aromatic carbocycles. The molecule has 0 aliphatic rings. The third kappa shape index (κ3) is 2.29. The summed E-state index contributed by atoms with van der Waals surface area (Å²) in [6.45, 7) is 3.70. The minimum atomic E-state index is 0.668. The van der Waals surface area contributed by atoms with Crippen LogP contribution in [0.1, 0.15) is 0 Å². The number of benzene rings is 2. The second-order valence-electron chi connectivity index (χ2n) is 6.11. The highest BCUT2D eigenvalue weighted by Crippen LogP contribution is 2.29. The van der Waals surface area contributed by atoms with Crippen LogP contribution in [0.25, 0.3) is 39.1 Å². The fourth-order valence-corrected chi connectivity index (χ4v) is 3.19. The van der Waals surface area contributed by atoms with Crippen molar-refractivity contribution in [2.24, 2.45) is 4.99 Å². The molecule has 0 spiro atoms. The Morgan fingerprint density at radius 3 is 2.62 bits per heavy atom. The zero-order chi connectivity index (χ0) is 17.5. The average molecular weight is 337 g/mol. The molecule has 0 amide bonds. The van der Waals surface area contributed by atoms with Crippen molar-refractivity contribution in [2.75, 3.05) is 0 Å². The summed E-state index contributed by atoms with van der Waals surface area (Å²) in [5.74, 6) is 1.34. The van der Waals surface area contributed by atoms with Gasteiger partial charge in [-0.05, 0) is 53.6 Å². The van der Waals surface area contributed by atoms with Crippen LogP contribution < -0.4 is 0 Å². The Labute approximate surface area is 149 Å². The molecule has 0 radical (unpaired) electrons. The van der Waals surface area contributed by atoms with Gasteiger partial charge in [-0.3, -0.25) is 0 Å². The second kappa shape index (κ2) is 5.67. The zero-order valence-electron chi connectivity index (χ0n) is 13.9. The van der Waals surface area contributed by atoms with Crippen LogP contribution in [0.5, 0.6) is 0 Å². The normalized spacial score (nSPS) is 11.2. The lowest BCUT2D eigenvalue weighted by Crippen LogP contribution is -1.90. The summed E-state index contributed by atoms with van der Waals surface area (Å²) in [6.07, 6.45) is 1.94. The standard InChI is InChI=1S/C21H15N5/c1-22-19-12-17(15-7-8-18-16(11-15)9-10-23-18)13-20-24-21(25-26(19)20)14-5-3-2-4-6-14/h2-13,23H,1H2. The predicted octanol–water partition coefficient (Wildman–Crippen LogP) is 4.88. The third-order valence-electron chi connectivity index (χ3n) is 4.50. The molecule has 26 heavy (non-hydrogen) atoms. The van der Waals surface area contributed by atoms with E-state index < -0.39 is 0 Å². The molecule has 124 valence electrons. The summed E-state index contributed by atoms with van der Waals surface area (Å²) in [5.41, 5.74) is 4.98. The Kier molecular flexibility index (Phi) is 3.18. The molecule has 0 aliphatic heterocycles. The largest absolute Gasteiger partial charge is 0.361 e. The van der Waals surface area contributed by atoms with Crippen molar-refractivity contribution >= 4 is 29.1 Å². The van der Waals surface area contributed by atoms with Gasteiger partial charge in [0.25, 0.3) is 0 Å². The van der Waals surface area contributed by atoms with Crippen molar-refractivity contribution in [3.05, 3.63) is 72.9 Å². The van der Waals surface area contributed by atoms with Gasteiger partial charge in [0.15, 0.2) is 17.3 Å². The first kappa shape index (κ1) is 14.6. The average Bonchev–Trinajstić information content (AvgIpc) is 3.33. The third-order valence-corrected chi connectivity index (χ3v) is 4.50. The Morgan fingerprint density at radius 1 is 0.885 bits per heavy atom. The van der Waals surface area contributed by atoms with Crippen LogP contribution in [0.3, 0.4) is 0 Å². The second-order valence-corrected chi connectivity index (χ2v) is 6.11. The number of nitrogens with one attached hydrogen (secondary N) is 1. The first-order valence-corrected chi connectivity index (χ1v) is 8.32. The minimum absolute atomic E-state index is 0.668. The van der Waals surface area contributed by atoms with Crippen LogP contribution in [0.15, 0.2) is 77.9 Å². The smallest absolute Gasteiger partial charge is 0.182 e. The fourth-order valence-electron chi connectivity index (χ4n) is 3.19. The lowest BCUT2D eigenvalue weighted by molar-refractivity contribution is 0.964. The predicted molar refractivity (Wildman–Crippen MR) is 105 cm³/mol. The monoisotopic (exact) mass is 337 g/mol. The zero-order valence-corrected chi connectivity index (χ0v) is 13.9. The van der Waals surface area contributed by atoms with E-state index in [1.807, 2.05) is 48.7 Å². The molecule has 5 nitrogen and oxygen atoms in total. The van der Waals surface area contributed by atoms with Crippen LogP contribution in [0.2, 0.25) is 0 Å². The van der Waals surface area contributed by atoms with Gasteiger partial charge in [0, 0.05) is 17.3 Å². The van der Waals surface area contributed by atoms with Crippen molar-refractivity contribution in [2.45, 2.75) is 0 Å². The number of aliphatic imine (C=N–C) groups is 1. The van der Waals surface area contributed by atoms with Crippen LogP contribution >= 0.6 is 0 Å². The molecule has 5 rings (SSSR count). The SMILES string of the molecule is C=Nc1cc(-c2ccc3[nH]ccc3c2)cc2nc(-c3ccccc3)nn12. The molecule has 0 aliphatic carbocycles. The molecule has 0 unspecified atom stereocenters. The molecule has 5 heteroatoms. The molecule has 3 aromatic heterocycles. The van der Waals surface area contributed by atoms with Gasteiger partial charge in [-0.1, -0.05) is 36.4 Å². The lowest BCUT2D eigenvalue weighted by Gasteiger charge is -2.05. The lowest BCUT2D eigenvalue weighted by atomic mass is 10.0. The summed E-state index contributed by atoms with van der Waals surface area (Å²) in [5, 5.41) is 5.77. The molecule has 0 fully saturated rings. The van der Waals surface area contributed by atoms with Gasteiger partial charge in [-0.2, -0.15) is 4.52 Å². The fraction of sp³-hybridized carbons (Fsp3) is 0. The summed E-state index contributed by atoms with van der Waals surface area (Å²) < 4.78 is 1.73. The summed E-state index contributed by atoms with van der Waals surface area (Å²) >= 11 is 0. The molecule has 1 N–H and O–H groups in total. The van der Waals surface area contributed by atoms with Crippen LogP contribution in [-0.2, 0) is 0 Å². The van der Waals surface area contributed by atoms with E-state index in [0.717, 1.165) is 27.9 Å². The number of hydrogen-bond donors (Lipinski definition) is 1. The van der Waals surface area contributed by atoms with E-state index in [4.69, 9.17) is 0 Å². The summed E-state index contributed by atoms with van der Waals surface area (Å²) in [4.78, 5) is 12.1. The molecule has 0 atom stereocenters. The van der Waals surface area contributed by atoms with Crippen molar-refractivity contribution < 1.29 is 0 Å². The highest BCUT2D eigenvalue weighted by Gasteiger charge is 2.11. The van der Waals surface area contributed by atoms with Crippen LogP contribution in [-0.4, -0.2) is 26.3 Å². The number of nitrogens with zero attached hydrogens (tertiary/aromatic N) is 4. The summed E-state index contributed by atoms with van der Waals surface area (Å²) in [6, 6.07) is 22.3. The van der Waals surface area contributed by atoms with E-state index in [-0.39, 0.29) is 0 Å². The highest BCUT2D eigenvalue weighted by atomic mass is 15.3. The molecule has 3 heterocycles. The maximum Gasteiger partial charge on any atom is 0.182 e. The number of hydrogen-bond acceptors (Lipinski definition) is 3. The number of rotatable bonds is 3. The number of aromatic amines is 1. The van der Waals surface area contributed by atoms with Gasteiger partial charge in [0.1, 0.15) is 0 Å². The first-order valence-electron chi connectivity index (χ1n) is 8.32. The maximum atomic E-state index is 4.69. The molecule has 0 bridgehead atoms. The topological polar surface area (TPSA) is 58.3 Å². The van der Waals surface area contributed by atoms with Crippen LogP contribution in [0.4, 0.5) is 5.82 Å². The Bertz CT molecular complexity index is 1250. The minimum Gasteiger partial charge on any atom is -0.361 e. The van der Waals surface area contributed by atoms with Crippen molar-refractivity contribution in [3.8, 4) is 22.5 Å². The van der Waals surface area contributed by atoms with Gasteiger partial charge in [0.2, 0.25) is 0 Å². The van der Waals surface area contributed by atoms with Crippen molar-refractivity contribution in [3.63, 3.8) is 0 Å². The number of aromatic nitrogens is 4. The van der Waals surface area contributed by atoms with Gasteiger partial charge < -0.3 is 4.98 Å². The number of H-pyrrole nitrogens is 1. The van der Waals surface area contributed by atoms with E-state index in [0.29, 0.717) is 11.6 Å². The van der Waals surface area contributed by atoms with Gasteiger partial charge in [0.05, 0.1) is 0 Å². The van der Waals surface area contributed by atoms with E-state index in [1.165, 1.54) is 5.39 Å². The van der Waals surface area contributed by atoms with E-state index in [2.05, 4.69) is 51.0 Å². The maximum absolute atomic E-state index is 4.69. The molecule has 5 aromatic rings. The number of pyridine rings is 1. The van der Waals surface area contributed by atoms with E-state index in [9.17, 15) is 0 Å². The molecular formula is C21H15N5. The Hall–Kier alpha value is -3.73. The van der Waals surface area contributed by atoms with Gasteiger partial charge in [-0.25, -0.2) is 9.98 Å². The summed E-state index contributed by atoms with van der Waals surface area (Å²) in [7, 11) is 0. The van der Waals surface area contributed by atoms with E-state index >= 15 is 0 Å². The quantitative estimate of drug-likeness (QED) is 0.477. The molecule has 0 saturated heterocycles. The molecule has 0 saturated carbocycles. The van der Waals surface area contributed by atoms with Crippen molar-refractivity contribution in [1.82, 2.24) is 19.6 Å². The Balaban J connectivity index is 1.70. The first-order chi connectivity index (χ1) is 12.8. The van der Waals surface area contributed by atoms with Gasteiger partial charge >= 0.3 is 0 Å². The van der Waals surface area contributed by atoms with E-state index in [1.54, 1.807) is 4.52 Å². The van der Waals surface area contributed by atoms with Crippen LogP contribution in [0, 0.1) is 0 Å². The Morgan fingerprint density at radius 2 is 1.77 bits per heavy atom. The van der Waals surface area contributed by atoms with Gasteiger partial charge in [-0.15, -0.1) is 5.10 Å². The molecular weight excluding hydrogens is 322 g/mol. The van der Waals surface area contributed by atoms with Crippen molar-refractivity contribution in [1.29, 1.82) is 0 Å².